The van der Waals surface area contributed by atoms with Crippen molar-refractivity contribution in [3.05, 3.63) is 36.3 Å². The second-order valence-corrected chi connectivity index (χ2v) is 4.82. The molecule has 2 rings (SSSR count). The molecule has 1 atom stereocenters. The molecule has 0 aromatic carbocycles. The van der Waals surface area contributed by atoms with Gasteiger partial charge in [-0.05, 0) is 31.2 Å². The van der Waals surface area contributed by atoms with E-state index in [1.807, 2.05) is 0 Å². The SMILES string of the molecule is C=C(C)C(=O)NCC(C)NC(=O)c1nnn(-c2ccc[nH]2)n1. The van der Waals surface area contributed by atoms with Crippen LogP contribution in [-0.2, 0) is 4.79 Å². The van der Waals surface area contributed by atoms with Crippen LogP contribution in [0.2, 0.25) is 0 Å². The predicted molar refractivity (Wildman–Crippen MR) is 78.3 cm³/mol. The number of carbonyl (C=O) groups excluding carboxylic acids is 2. The van der Waals surface area contributed by atoms with Crippen LogP contribution in [0.4, 0.5) is 0 Å². The Morgan fingerprint density at radius 1 is 1.50 bits per heavy atom. The zero-order valence-corrected chi connectivity index (χ0v) is 12.3. The Bertz CT molecular complexity index is 674. The summed E-state index contributed by atoms with van der Waals surface area (Å²) in [6.07, 6.45) is 1.71. The van der Waals surface area contributed by atoms with Crippen molar-refractivity contribution in [2.75, 3.05) is 6.54 Å². The maximum Gasteiger partial charge on any atom is 0.293 e. The molecule has 1 unspecified atom stereocenters. The summed E-state index contributed by atoms with van der Waals surface area (Å²) in [5, 5.41) is 16.8. The van der Waals surface area contributed by atoms with Gasteiger partial charge < -0.3 is 15.6 Å². The number of aromatic nitrogens is 5. The van der Waals surface area contributed by atoms with E-state index in [4.69, 9.17) is 0 Å². The molecule has 0 saturated heterocycles. The smallest absolute Gasteiger partial charge is 0.293 e. The van der Waals surface area contributed by atoms with Gasteiger partial charge in [0.1, 0.15) is 0 Å². The van der Waals surface area contributed by atoms with E-state index in [0.29, 0.717) is 11.4 Å². The van der Waals surface area contributed by atoms with Gasteiger partial charge in [0.15, 0.2) is 5.82 Å². The molecule has 0 fully saturated rings. The van der Waals surface area contributed by atoms with Crippen molar-refractivity contribution >= 4 is 11.8 Å². The maximum atomic E-state index is 12.0. The van der Waals surface area contributed by atoms with Gasteiger partial charge in [-0.25, -0.2) is 0 Å². The number of H-pyrrole nitrogens is 1. The lowest BCUT2D eigenvalue weighted by Crippen LogP contribution is -2.42. The first-order chi connectivity index (χ1) is 10.5. The molecular weight excluding hydrogens is 286 g/mol. The van der Waals surface area contributed by atoms with Gasteiger partial charge in [-0.3, -0.25) is 9.59 Å². The summed E-state index contributed by atoms with van der Waals surface area (Å²) < 4.78 is 0. The molecule has 9 nitrogen and oxygen atoms in total. The van der Waals surface area contributed by atoms with Crippen molar-refractivity contribution < 1.29 is 9.59 Å². The van der Waals surface area contributed by atoms with Crippen LogP contribution in [-0.4, -0.2) is 49.6 Å². The largest absolute Gasteiger partial charge is 0.350 e. The van der Waals surface area contributed by atoms with Crippen molar-refractivity contribution in [2.24, 2.45) is 0 Å². The van der Waals surface area contributed by atoms with Crippen molar-refractivity contribution in [1.82, 2.24) is 35.8 Å². The number of aromatic amines is 1. The fourth-order valence-corrected chi connectivity index (χ4v) is 1.59. The minimum Gasteiger partial charge on any atom is -0.350 e. The Labute approximate surface area is 126 Å². The molecule has 22 heavy (non-hydrogen) atoms. The summed E-state index contributed by atoms with van der Waals surface area (Å²) >= 11 is 0. The summed E-state index contributed by atoms with van der Waals surface area (Å²) in [4.78, 5) is 27.5. The highest BCUT2D eigenvalue weighted by Gasteiger charge is 2.16. The average molecular weight is 303 g/mol. The third-order valence-corrected chi connectivity index (χ3v) is 2.75. The van der Waals surface area contributed by atoms with Crippen LogP contribution < -0.4 is 10.6 Å². The molecule has 2 aromatic rings. The Morgan fingerprint density at radius 3 is 2.91 bits per heavy atom. The highest BCUT2D eigenvalue weighted by molar-refractivity contribution is 5.92. The van der Waals surface area contributed by atoms with Crippen molar-refractivity contribution in [3.8, 4) is 5.82 Å². The van der Waals surface area contributed by atoms with E-state index in [1.165, 1.54) is 4.80 Å². The quantitative estimate of drug-likeness (QED) is 0.639. The second-order valence-electron chi connectivity index (χ2n) is 4.82. The van der Waals surface area contributed by atoms with E-state index in [0.717, 1.165) is 0 Å². The van der Waals surface area contributed by atoms with Gasteiger partial charge in [-0.2, -0.15) is 0 Å². The van der Waals surface area contributed by atoms with E-state index in [2.05, 4.69) is 37.6 Å². The summed E-state index contributed by atoms with van der Waals surface area (Å²) in [5.74, 6) is -0.159. The van der Waals surface area contributed by atoms with Crippen molar-refractivity contribution in [1.29, 1.82) is 0 Å². The maximum absolute atomic E-state index is 12.0. The lowest BCUT2D eigenvalue weighted by Gasteiger charge is -2.13. The Balaban J connectivity index is 1.89. The van der Waals surface area contributed by atoms with Crippen LogP contribution in [0.15, 0.2) is 30.5 Å². The van der Waals surface area contributed by atoms with Crippen LogP contribution >= 0.6 is 0 Å². The van der Waals surface area contributed by atoms with Gasteiger partial charge >= 0.3 is 0 Å². The molecule has 2 heterocycles. The highest BCUT2D eigenvalue weighted by Crippen LogP contribution is 1.99. The van der Waals surface area contributed by atoms with E-state index in [-0.39, 0.29) is 24.3 Å². The van der Waals surface area contributed by atoms with E-state index in [1.54, 1.807) is 32.2 Å². The van der Waals surface area contributed by atoms with Gasteiger partial charge in [0.2, 0.25) is 5.91 Å². The number of tetrazole rings is 1. The fourth-order valence-electron chi connectivity index (χ4n) is 1.59. The van der Waals surface area contributed by atoms with Crippen LogP contribution in [0.25, 0.3) is 5.82 Å². The van der Waals surface area contributed by atoms with Crippen LogP contribution in [0.3, 0.4) is 0 Å². The van der Waals surface area contributed by atoms with E-state index >= 15 is 0 Å². The van der Waals surface area contributed by atoms with Gasteiger partial charge in [0, 0.05) is 24.4 Å². The first-order valence-corrected chi connectivity index (χ1v) is 6.65. The first-order valence-electron chi connectivity index (χ1n) is 6.65. The monoisotopic (exact) mass is 303 g/mol. The standard InChI is InChI=1S/C13H17N7O2/c1-8(2)12(21)15-7-9(3)16-13(22)11-17-19-20(18-11)10-5-4-6-14-10/h4-6,9,14H,1,7H2,2-3H3,(H,15,21)(H,16,22). The van der Waals surface area contributed by atoms with Gasteiger partial charge in [-0.1, -0.05) is 6.58 Å². The zero-order chi connectivity index (χ0) is 16.1. The van der Waals surface area contributed by atoms with Gasteiger partial charge in [0.05, 0.1) is 0 Å². The van der Waals surface area contributed by atoms with Crippen molar-refractivity contribution in [3.63, 3.8) is 0 Å². The lowest BCUT2D eigenvalue weighted by molar-refractivity contribution is -0.117. The second kappa shape index (κ2) is 6.66. The number of carbonyl (C=O) groups is 2. The van der Waals surface area contributed by atoms with Crippen LogP contribution in [0.1, 0.15) is 24.5 Å². The van der Waals surface area contributed by atoms with Gasteiger partial charge in [0.25, 0.3) is 11.7 Å². The molecule has 0 spiro atoms. The fraction of sp³-hybridized carbons (Fsp3) is 0.308. The van der Waals surface area contributed by atoms with Crippen LogP contribution in [0, 0.1) is 0 Å². The molecule has 0 aliphatic carbocycles. The number of amides is 2. The molecule has 0 bridgehead atoms. The topological polar surface area (TPSA) is 118 Å². The molecule has 9 heteroatoms. The summed E-state index contributed by atoms with van der Waals surface area (Å²) in [6.45, 7) is 7.18. The number of rotatable bonds is 6. The third kappa shape index (κ3) is 3.78. The third-order valence-electron chi connectivity index (χ3n) is 2.75. The Morgan fingerprint density at radius 2 is 2.27 bits per heavy atom. The minimum absolute atomic E-state index is 0.0484. The highest BCUT2D eigenvalue weighted by atomic mass is 16.2. The number of nitrogens with zero attached hydrogens (tertiary/aromatic N) is 4. The zero-order valence-electron chi connectivity index (χ0n) is 12.3. The van der Waals surface area contributed by atoms with E-state index < -0.39 is 5.91 Å². The molecule has 0 saturated carbocycles. The molecule has 0 aliphatic heterocycles. The molecule has 2 aromatic heterocycles. The molecule has 3 N–H and O–H groups in total. The van der Waals surface area contributed by atoms with E-state index in [9.17, 15) is 9.59 Å². The average Bonchev–Trinajstić information content (AvgIpc) is 3.14. The van der Waals surface area contributed by atoms with Crippen molar-refractivity contribution in [2.45, 2.75) is 19.9 Å². The summed E-state index contributed by atoms with van der Waals surface area (Å²) in [5.41, 5.74) is 0.411. The molecule has 0 aliphatic rings. The normalized spacial score (nSPS) is 11.7. The molecule has 0 radical (unpaired) electrons. The molecule has 116 valence electrons. The molecular formula is C13H17N7O2. The number of hydrogen-bond donors (Lipinski definition) is 3. The molecule has 2 amide bonds. The number of hydrogen-bond acceptors (Lipinski definition) is 5. The minimum atomic E-state index is -0.463. The number of nitrogens with one attached hydrogen (secondary N) is 3. The Hall–Kier alpha value is -2.97. The lowest BCUT2D eigenvalue weighted by atomic mass is 10.3. The van der Waals surface area contributed by atoms with Gasteiger partial charge in [-0.15, -0.1) is 15.0 Å². The predicted octanol–water partition coefficient (Wildman–Crippen LogP) is -0.199. The summed E-state index contributed by atoms with van der Waals surface area (Å²) in [7, 11) is 0. The van der Waals surface area contributed by atoms with Crippen LogP contribution in [0.5, 0.6) is 0 Å². The summed E-state index contributed by atoms with van der Waals surface area (Å²) in [6, 6.07) is 3.25. The first kappa shape index (κ1) is 15.4. The Kier molecular flexibility index (Phi) is 4.66.